The summed E-state index contributed by atoms with van der Waals surface area (Å²) in [7, 11) is 0. The molecule has 0 radical (unpaired) electrons. The summed E-state index contributed by atoms with van der Waals surface area (Å²) in [5.74, 6) is 1.65. The molecule has 214 valence electrons. The lowest BCUT2D eigenvalue weighted by Gasteiger charge is -2.39. The zero-order valence-electron chi connectivity index (χ0n) is 24.0. The van der Waals surface area contributed by atoms with Crippen LogP contribution in [-0.4, -0.2) is 81.2 Å². The van der Waals surface area contributed by atoms with E-state index >= 15 is 0 Å². The van der Waals surface area contributed by atoms with Crippen molar-refractivity contribution in [1.82, 2.24) is 34.6 Å². The average molecular weight is 551 g/mol. The number of likely N-dealkylation sites (tertiary alicyclic amines) is 1. The molecule has 2 N–H and O–H groups in total. The molecular formula is C33H42N8. The third-order valence-corrected chi connectivity index (χ3v) is 9.28. The molecule has 8 nitrogen and oxygen atoms in total. The largest absolute Gasteiger partial charge is 0.368 e. The molecule has 2 fully saturated rings. The highest BCUT2D eigenvalue weighted by molar-refractivity contribution is 5.77. The third kappa shape index (κ3) is 6.01. The van der Waals surface area contributed by atoms with Gasteiger partial charge in [0.1, 0.15) is 11.5 Å². The Balaban J connectivity index is 1.07. The topological polar surface area (TPSA) is 74.1 Å². The van der Waals surface area contributed by atoms with Crippen molar-refractivity contribution in [2.24, 2.45) is 0 Å². The van der Waals surface area contributed by atoms with Crippen LogP contribution >= 0.6 is 0 Å². The van der Waals surface area contributed by atoms with Gasteiger partial charge in [-0.2, -0.15) is 0 Å². The number of pyridine rings is 1. The molecule has 3 aliphatic heterocycles. The number of hydrogen-bond acceptors (Lipinski definition) is 7. The van der Waals surface area contributed by atoms with E-state index in [4.69, 9.17) is 15.0 Å². The molecule has 0 amide bonds. The summed E-state index contributed by atoms with van der Waals surface area (Å²) < 4.78 is 2.35. The van der Waals surface area contributed by atoms with Crippen LogP contribution in [0.15, 0.2) is 61.1 Å². The van der Waals surface area contributed by atoms with E-state index < -0.39 is 0 Å². The van der Waals surface area contributed by atoms with Gasteiger partial charge in [0.2, 0.25) is 0 Å². The summed E-state index contributed by atoms with van der Waals surface area (Å²) in [5.41, 5.74) is 5.04. The molecule has 0 spiro atoms. The molecule has 3 aliphatic rings. The predicted molar refractivity (Wildman–Crippen MR) is 165 cm³/mol. The van der Waals surface area contributed by atoms with Gasteiger partial charge in [0.05, 0.1) is 0 Å². The van der Waals surface area contributed by atoms with Crippen molar-refractivity contribution in [1.29, 1.82) is 0 Å². The fourth-order valence-corrected chi connectivity index (χ4v) is 6.95. The van der Waals surface area contributed by atoms with Crippen molar-refractivity contribution in [3.05, 3.63) is 72.2 Å². The highest BCUT2D eigenvalue weighted by Gasteiger charge is 2.25. The van der Waals surface area contributed by atoms with Gasteiger partial charge in [-0.3, -0.25) is 9.80 Å². The fourth-order valence-electron chi connectivity index (χ4n) is 6.95. The van der Waals surface area contributed by atoms with Crippen molar-refractivity contribution >= 4 is 16.9 Å². The Labute approximate surface area is 243 Å². The summed E-state index contributed by atoms with van der Waals surface area (Å²) in [6.45, 7) is 8.64. The van der Waals surface area contributed by atoms with Crippen LogP contribution in [0.25, 0.3) is 22.4 Å². The van der Waals surface area contributed by atoms with E-state index in [1.165, 1.54) is 43.5 Å². The Bertz CT molecular complexity index is 1450. The van der Waals surface area contributed by atoms with E-state index in [0.717, 1.165) is 86.8 Å². The monoisotopic (exact) mass is 550 g/mol. The molecule has 3 aromatic heterocycles. The van der Waals surface area contributed by atoms with E-state index in [2.05, 4.69) is 67.6 Å². The van der Waals surface area contributed by atoms with E-state index in [-0.39, 0.29) is 0 Å². The van der Waals surface area contributed by atoms with Crippen LogP contribution in [0.3, 0.4) is 0 Å². The normalized spacial score (nSPS) is 19.7. The first kappa shape index (κ1) is 26.6. The molecule has 1 atom stereocenters. The number of aromatic nitrogens is 4. The van der Waals surface area contributed by atoms with Gasteiger partial charge in [-0.25, -0.2) is 15.0 Å². The highest BCUT2D eigenvalue weighted by Crippen LogP contribution is 2.27. The number of anilines is 1. The average Bonchev–Trinajstić information content (AvgIpc) is 3.47. The number of nitrogens with zero attached hydrogens (tertiary/aromatic N) is 6. The Morgan fingerprint density at radius 1 is 0.951 bits per heavy atom. The molecule has 8 heteroatoms. The zero-order valence-corrected chi connectivity index (χ0v) is 24.0. The minimum absolute atomic E-state index is 0.451. The molecule has 1 aromatic carbocycles. The van der Waals surface area contributed by atoms with Gasteiger partial charge in [-0.05, 0) is 87.6 Å². The van der Waals surface area contributed by atoms with Crippen LogP contribution in [0.1, 0.15) is 49.3 Å². The minimum atomic E-state index is 0.451. The Morgan fingerprint density at radius 2 is 1.80 bits per heavy atom. The molecule has 6 heterocycles. The molecular weight excluding hydrogens is 508 g/mol. The molecule has 0 aliphatic carbocycles. The number of piperidine rings is 2. The van der Waals surface area contributed by atoms with Crippen LogP contribution in [0, 0.1) is 0 Å². The van der Waals surface area contributed by atoms with Gasteiger partial charge < -0.3 is 15.2 Å². The maximum atomic E-state index is 5.05. The van der Waals surface area contributed by atoms with Gasteiger partial charge in [0.25, 0.3) is 0 Å². The first-order valence-electron chi connectivity index (χ1n) is 15.6. The molecule has 1 unspecified atom stereocenters. The standard InChI is InChI=1S/C33H42N8/c1-4-16-40(17-5-1)30(24-39-18-11-25-6-2-3-7-28(25)23-39)22-36-31-20-26(8-15-35-31)32-37-21-27-12-19-41(33(27)38-32)29-9-13-34-14-10-29/h2-3,6-8,12,15,19-21,29-30,34H,1,4-5,9-11,13-14,16-18,22-24H2,(H,35,36). The van der Waals surface area contributed by atoms with Gasteiger partial charge in [0.15, 0.2) is 5.82 Å². The second-order valence-corrected chi connectivity index (χ2v) is 12.0. The van der Waals surface area contributed by atoms with Crippen LogP contribution in [0.4, 0.5) is 5.82 Å². The molecule has 41 heavy (non-hydrogen) atoms. The van der Waals surface area contributed by atoms with Gasteiger partial charge in [-0.15, -0.1) is 0 Å². The fraction of sp³-hybridized carbons (Fsp3) is 0.485. The lowest BCUT2D eigenvalue weighted by Crippen LogP contribution is -2.50. The Hall–Kier alpha value is -3.33. The van der Waals surface area contributed by atoms with Crippen molar-refractivity contribution < 1.29 is 0 Å². The first-order valence-corrected chi connectivity index (χ1v) is 15.6. The van der Waals surface area contributed by atoms with Crippen molar-refractivity contribution in [3.8, 4) is 11.4 Å². The minimum Gasteiger partial charge on any atom is -0.368 e. The van der Waals surface area contributed by atoms with E-state index in [0.29, 0.717) is 12.1 Å². The van der Waals surface area contributed by atoms with Crippen LogP contribution < -0.4 is 10.6 Å². The summed E-state index contributed by atoms with van der Waals surface area (Å²) >= 11 is 0. The van der Waals surface area contributed by atoms with Gasteiger partial charge >= 0.3 is 0 Å². The first-order chi connectivity index (χ1) is 20.3. The highest BCUT2D eigenvalue weighted by atomic mass is 15.2. The smallest absolute Gasteiger partial charge is 0.161 e. The second-order valence-electron chi connectivity index (χ2n) is 12.0. The van der Waals surface area contributed by atoms with Crippen LogP contribution in [0.5, 0.6) is 0 Å². The number of benzene rings is 1. The lowest BCUT2D eigenvalue weighted by molar-refractivity contribution is 0.118. The molecule has 7 rings (SSSR count). The quantitative estimate of drug-likeness (QED) is 0.328. The Morgan fingerprint density at radius 3 is 2.68 bits per heavy atom. The van der Waals surface area contributed by atoms with Crippen molar-refractivity contribution in [3.63, 3.8) is 0 Å². The molecule has 4 aromatic rings. The van der Waals surface area contributed by atoms with Gasteiger partial charge in [-0.1, -0.05) is 30.7 Å². The predicted octanol–water partition coefficient (Wildman–Crippen LogP) is 4.74. The maximum absolute atomic E-state index is 5.05. The second kappa shape index (κ2) is 12.3. The summed E-state index contributed by atoms with van der Waals surface area (Å²) in [5, 5.41) is 8.28. The summed E-state index contributed by atoms with van der Waals surface area (Å²) in [6.07, 6.45) is 13.4. The summed E-state index contributed by atoms with van der Waals surface area (Å²) in [6, 6.07) is 16.2. The van der Waals surface area contributed by atoms with Gasteiger partial charge in [0, 0.05) is 67.8 Å². The maximum Gasteiger partial charge on any atom is 0.161 e. The molecule has 0 saturated carbocycles. The van der Waals surface area contributed by atoms with E-state index in [1.807, 2.05) is 18.5 Å². The number of hydrogen-bond donors (Lipinski definition) is 2. The lowest BCUT2D eigenvalue weighted by atomic mass is 9.99. The Kier molecular flexibility index (Phi) is 7.95. The van der Waals surface area contributed by atoms with Crippen molar-refractivity contribution in [2.45, 2.75) is 57.2 Å². The SMILES string of the molecule is c1ccc2c(c1)CCN(CC(CNc1cc(-c3ncc4ccn(C5CCNCC5)c4n3)ccn1)N1CCCCC1)C2. The van der Waals surface area contributed by atoms with E-state index in [1.54, 1.807) is 0 Å². The van der Waals surface area contributed by atoms with E-state index in [9.17, 15) is 0 Å². The van der Waals surface area contributed by atoms with Crippen LogP contribution in [0.2, 0.25) is 0 Å². The molecule has 0 bridgehead atoms. The third-order valence-electron chi connectivity index (χ3n) is 9.28. The zero-order chi connectivity index (χ0) is 27.4. The summed E-state index contributed by atoms with van der Waals surface area (Å²) in [4.78, 5) is 19.8. The van der Waals surface area contributed by atoms with Crippen molar-refractivity contribution in [2.75, 3.05) is 51.1 Å². The molecule has 2 saturated heterocycles. The number of fused-ring (bicyclic) bond motifs is 2. The van der Waals surface area contributed by atoms with Crippen LogP contribution in [-0.2, 0) is 13.0 Å². The number of nitrogens with one attached hydrogen (secondary N) is 2. The number of rotatable bonds is 8.